The van der Waals surface area contributed by atoms with Crippen molar-refractivity contribution >= 4 is 17.2 Å². The maximum Gasteiger partial charge on any atom is 0.183 e. The van der Waals surface area contributed by atoms with Crippen molar-refractivity contribution in [3.63, 3.8) is 0 Å². The molecule has 0 aliphatic heterocycles. The van der Waals surface area contributed by atoms with Gasteiger partial charge < -0.3 is 0 Å². The highest BCUT2D eigenvalue weighted by molar-refractivity contribution is 5.57. The largest absolute Gasteiger partial charge is 0.283 e. The molecule has 0 radical (unpaired) electrons. The van der Waals surface area contributed by atoms with Gasteiger partial charge in [0.2, 0.25) is 0 Å². The van der Waals surface area contributed by atoms with E-state index in [4.69, 9.17) is 4.98 Å². The smallest absolute Gasteiger partial charge is 0.183 e. The van der Waals surface area contributed by atoms with Crippen molar-refractivity contribution < 1.29 is 0 Å². The molecule has 0 saturated heterocycles. The van der Waals surface area contributed by atoms with Gasteiger partial charge in [0, 0.05) is 6.20 Å². The highest BCUT2D eigenvalue weighted by atomic mass is 15.2. The first kappa shape index (κ1) is 15.4. The van der Waals surface area contributed by atoms with Gasteiger partial charge in [-0.2, -0.15) is 0 Å². The zero-order valence-corrected chi connectivity index (χ0v) is 14.3. The van der Waals surface area contributed by atoms with Gasteiger partial charge in [-0.15, -0.1) is 10.2 Å². The molecule has 4 heteroatoms. The third-order valence-electron chi connectivity index (χ3n) is 4.22. The Morgan fingerprint density at radius 2 is 1.70 bits per heavy atom. The third-order valence-corrected chi connectivity index (χ3v) is 4.22. The molecule has 2 aromatic heterocycles. The van der Waals surface area contributed by atoms with E-state index in [0.29, 0.717) is 5.92 Å². The van der Waals surface area contributed by atoms with Crippen LogP contribution < -0.4 is 0 Å². The predicted molar refractivity (Wildman–Crippen MR) is 94.1 cm³/mol. The first-order valence-corrected chi connectivity index (χ1v) is 7.94. The quantitative estimate of drug-likeness (QED) is 0.564. The summed E-state index contributed by atoms with van der Waals surface area (Å²) < 4.78 is 2.03. The van der Waals surface area contributed by atoms with Crippen LogP contribution in [0.1, 0.15) is 42.1 Å². The maximum absolute atomic E-state index is 4.77. The van der Waals surface area contributed by atoms with Crippen LogP contribution in [0.2, 0.25) is 0 Å². The summed E-state index contributed by atoms with van der Waals surface area (Å²) in [6.07, 6.45) is 2.00. The zero-order chi connectivity index (χ0) is 16.6. The van der Waals surface area contributed by atoms with Gasteiger partial charge in [-0.1, -0.05) is 32.0 Å². The van der Waals surface area contributed by atoms with Crippen LogP contribution in [0.25, 0.3) is 5.65 Å². The summed E-state index contributed by atoms with van der Waals surface area (Å²) in [4.78, 5) is 4.77. The van der Waals surface area contributed by atoms with Gasteiger partial charge in [0.1, 0.15) is 5.65 Å². The molecular weight excluding hydrogens is 284 g/mol. The highest BCUT2D eigenvalue weighted by Gasteiger charge is 2.16. The van der Waals surface area contributed by atoms with Crippen molar-refractivity contribution in [1.29, 1.82) is 0 Å². The molecule has 1 aromatic carbocycles. The summed E-state index contributed by atoms with van der Waals surface area (Å²) >= 11 is 0. The normalized spacial score (nSPS) is 11.9. The van der Waals surface area contributed by atoms with E-state index >= 15 is 0 Å². The molecule has 0 N–H and O–H groups in total. The lowest BCUT2D eigenvalue weighted by molar-refractivity contribution is 0.831. The van der Waals surface area contributed by atoms with Crippen LogP contribution in [-0.2, 0) is 0 Å². The van der Waals surface area contributed by atoms with E-state index in [-0.39, 0.29) is 0 Å². The molecule has 0 amide bonds. The molecule has 0 bridgehead atoms. The van der Waals surface area contributed by atoms with Crippen LogP contribution in [0.15, 0.2) is 46.8 Å². The fraction of sp³-hybridized carbons (Fsp3) is 0.316. The van der Waals surface area contributed by atoms with Crippen molar-refractivity contribution in [3.8, 4) is 0 Å². The number of fused-ring (bicyclic) bond motifs is 1. The van der Waals surface area contributed by atoms with Crippen molar-refractivity contribution in [2.75, 3.05) is 0 Å². The van der Waals surface area contributed by atoms with Gasteiger partial charge in [0.05, 0.1) is 11.4 Å². The minimum absolute atomic E-state index is 0.293. The van der Waals surface area contributed by atoms with E-state index < -0.39 is 0 Å². The van der Waals surface area contributed by atoms with Gasteiger partial charge >= 0.3 is 0 Å². The van der Waals surface area contributed by atoms with E-state index in [2.05, 4.69) is 57.0 Å². The Morgan fingerprint density at radius 3 is 2.43 bits per heavy atom. The van der Waals surface area contributed by atoms with Gasteiger partial charge in [-0.3, -0.25) is 4.40 Å². The molecule has 0 atom stereocenters. The molecule has 23 heavy (non-hydrogen) atoms. The number of nitrogens with zero attached hydrogens (tertiary/aromatic N) is 4. The summed E-state index contributed by atoms with van der Waals surface area (Å²) in [7, 11) is 0. The molecule has 0 saturated carbocycles. The Hall–Kier alpha value is -2.49. The Balaban J connectivity index is 2.15. The molecule has 3 aromatic rings. The van der Waals surface area contributed by atoms with Crippen LogP contribution in [0.3, 0.4) is 0 Å². The summed E-state index contributed by atoms with van der Waals surface area (Å²) in [6, 6.07) is 10.2. The Morgan fingerprint density at radius 1 is 0.957 bits per heavy atom. The van der Waals surface area contributed by atoms with E-state index in [1.54, 1.807) is 0 Å². The van der Waals surface area contributed by atoms with Gasteiger partial charge in [-0.25, -0.2) is 4.98 Å². The number of hydrogen-bond acceptors (Lipinski definition) is 3. The number of azo groups is 1. The predicted octanol–water partition coefficient (Wildman–Crippen LogP) is 5.80. The van der Waals surface area contributed by atoms with Gasteiger partial charge in [0.25, 0.3) is 0 Å². The van der Waals surface area contributed by atoms with Crippen LogP contribution >= 0.6 is 0 Å². The molecule has 3 rings (SSSR count). The Labute approximate surface area is 136 Å². The number of benzene rings is 1. The second-order valence-electron chi connectivity index (χ2n) is 6.28. The number of imidazole rings is 1. The number of aromatic nitrogens is 2. The van der Waals surface area contributed by atoms with Crippen LogP contribution in [0.4, 0.5) is 11.5 Å². The Bertz CT molecular complexity index is 888. The highest BCUT2D eigenvalue weighted by Crippen LogP contribution is 2.31. The summed E-state index contributed by atoms with van der Waals surface area (Å²) in [5.74, 6) is 1.11. The topological polar surface area (TPSA) is 42.0 Å². The number of hydrogen-bond donors (Lipinski definition) is 0. The lowest BCUT2D eigenvalue weighted by atomic mass is 10.1. The second-order valence-corrected chi connectivity index (χ2v) is 6.28. The molecule has 0 aliphatic rings. The average Bonchev–Trinajstić information content (AvgIpc) is 2.89. The molecule has 2 heterocycles. The molecular formula is C19H22N4. The number of rotatable bonds is 3. The molecule has 118 valence electrons. The zero-order valence-electron chi connectivity index (χ0n) is 14.3. The van der Waals surface area contributed by atoms with Crippen molar-refractivity contribution in [3.05, 3.63) is 58.9 Å². The Kier molecular flexibility index (Phi) is 3.99. The molecule has 0 aliphatic carbocycles. The summed E-state index contributed by atoms with van der Waals surface area (Å²) in [5.41, 5.74) is 6.36. The second kappa shape index (κ2) is 5.95. The average molecular weight is 306 g/mol. The first-order valence-electron chi connectivity index (χ1n) is 7.94. The maximum atomic E-state index is 4.77. The summed E-state index contributed by atoms with van der Waals surface area (Å²) in [6.45, 7) is 10.5. The minimum Gasteiger partial charge on any atom is -0.283 e. The van der Waals surface area contributed by atoms with E-state index in [0.717, 1.165) is 34.0 Å². The van der Waals surface area contributed by atoms with Crippen molar-refractivity contribution in [2.24, 2.45) is 10.2 Å². The monoisotopic (exact) mass is 306 g/mol. The van der Waals surface area contributed by atoms with Gasteiger partial charge in [0.15, 0.2) is 5.82 Å². The van der Waals surface area contributed by atoms with E-state index in [1.165, 1.54) is 5.56 Å². The standard InChI is InChI=1S/C19H22N4/c1-12(2)17-19(23-11-7-9-14(4)18(23)20-17)22-21-16-10-6-8-13(3)15(16)5/h6-12H,1-5H3. The van der Waals surface area contributed by atoms with E-state index in [1.807, 2.05) is 28.8 Å². The lowest BCUT2D eigenvalue weighted by Gasteiger charge is -2.04. The fourth-order valence-electron chi connectivity index (χ4n) is 2.64. The number of aryl methyl sites for hydroxylation is 2. The molecule has 4 nitrogen and oxygen atoms in total. The van der Waals surface area contributed by atoms with Crippen molar-refractivity contribution in [1.82, 2.24) is 9.38 Å². The van der Waals surface area contributed by atoms with E-state index in [9.17, 15) is 0 Å². The first-order chi connectivity index (χ1) is 11.0. The third kappa shape index (κ3) is 2.77. The van der Waals surface area contributed by atoms with Gasteiger partial charge in [-0.05, 0) is 55.5 Å². The van der Waals surface area contributed by atoms with Crippen LogP contribution in [0, 0.1) is 20.8 Å². The van der Waals surface area contributed by atoms with Crippen molar-refractivity contribution in [2.45, 2.75) is 40.5 Å². The minimum atomic E-state index is 0.293. The molecule has 0 fully saturated rings. The molecule has 0 spiro atoms. The SMILES string of the molecule is Cc1cccc(N=Nc2c(C(C)C)nc3c(C)cccn23)c1C. The van der Waals surface area contributed by atoms with Crippen LogP contribution in [0.5, 0.6) is 0 Å². The fourth-order valence-corrected chi connectivity index (χ4v) is 2.64. The molecule has 0 unspecified atom stereocenters. The summed E-state index contributed by atoms with van der Waals surface area (Å²) in [5, 5.41) is 9.05. The lowest BCUT2D eigenvalue weighted by Crippen LogP contribution is -1.88. The number of pyridine rings is 1. The van der Waals surface area contributed by atoms with Crippen LogP contribution in [-0.4, -0.2) is 9.38 Å².